The van der Waals surface area contributed by atoms with E-state index in [0.29, 0.717) is 18.6 Å². The van der Waals surface area contributed by atoms with Crippen molar-refractivity contribution < 1.29 is 13.9 Å². The number of hydrogen-bond acceptors (Lipinski definition) is 3. The maximum Gasteiger partial charge on any atom is 0.253 e. The van der Waals surface area contributed by atoms with Gasteiger partial charge in [-0.25, -0.2) is 4.98 Å². The van der Waals surface area contributed by atoms with Crippen LogP contribution in [0.2, 0.25) is 0 Å². The Morgan fingerprint density at radius 3 is 2.95 bits per heavy atom. The SMILES string of the molecule is O=C(NC1CCOc2ccccc21)c1ccc(F)nc1. The second kappa shape index (κ2) is 5.28. The van der Waals surface area contributed by atoms with Gasteiger partial charge in [0.15, 0.2) is 0 Å². The van der Waals surface area contributed by atoms with E-state index in [0.717, 1.165) is 11.3 Å². The molecule has 0 radical (unpaired) electrons. The molecular formula is C15H13FN2O2. The lowest BCUT2D eigenvalue weighted by molar-refractivity contribution is 0.0924. The number of hydrogen-bond donors (Lipinski definition) is 1. The molecule has 1 aliphatic rings. The van der Waals surface area contributed by atoms with Gasteiger partial charge in [-0.3, -0.25) is 4.79 Å². The first-order valence-electron chi connectivity index (χ1n) is 6.38. The number of ether oxygens (including phenoxy) is 1. The fourth-order valence-corrected chi connectivity index (χ4v) is 2.24. The third-order valence-corrected chi connectivity index (χ3v) is 3.25. The lowest BCUT2D eigenvalue weighted by atomic mass is 10.0. The Hall–Kier alpha value is -2.43. The molecule has 1 aromatic carbocycles. The molecule has 0 aliphatic carbocycles. The molecule has 0 saturated carbocycles. The van der Waals surface area contributed by atoms with Crippen molar-refractivity contribution in [3.05, 3.63) is 59.7 Å². The molecule has 1 amide bonds. The van der Waals surface area contributed by atoms with Gasteiger partial charge < -0.3 is 10.1 Å². The number of aromatic nitrogens is 1. The Kier molecular flexibility index (Phi) is 3.33. The molecular weight excluding hydrogens is 259 g/mol. The highest BCUT2D eigenvalue weighted by Gasteiger charge is 2.23. The van der Waals surface area contributed by atoms with Gasteiger partial charge in [-0.15, -0.1) is 0 Å². The van der Waals surface area contributed by atoms with Crippen LogP contribution in [-0.4, -0.2) is 17.5 Å². The van der Waals surface area contributed by atoms with Crippen molar-refractivity contribution in [2.75, 3.05) is 6.61 Å². The molecule has 2 aromatic rings. The van der Waals surface area contributed by atoms with Gasteiger partial charge in [0.2, 0.25) is 5.95 Å². The fourth-order valence-electron chi connectivity index (χ4n) is 2.24. The Balaban J connectivity index is 1.79. The minimum absolute atomic E-state index is 0.0995. The van der Waals surface area contributed by atoms with Crippen molar-refractivity contribution in [2.45, 2.75) is 12.5 Å². The van der Waals surface area contributed by atoms with E-state index in [-0.39, 0.29) is 11.9 Å². The van der Waals surface area contributed by atoms with E-state index in [1.54, 1.807) is 0 Å². The molecule has 1 aliphatic heterocycles. The summed E-state index contributed by atoms with van der Waals surface area (Å²) in [5.74, 6) is -0.0709. The summed E-state index contributed by atoms with van der Waals surface area (Å²) >= 11 is 0. The zero-order chi connectivity index (χ0) is 13.9. The van der Waals surface area contributed by atoms with E-state index in [1.165, 1.54) is 18.3 Å². The molecule has 5 heteroatoms. The monoisotopic (exact) mass is 272 g/mol. The Bertz CT molecular complexity index is 628. The molecule has 1 aromatic heterocycles. The number of fused-ring (bicyclic) bond motifs is 1. The highest BCUT2D eigenvalue weighted by molar-refractivity contribution is 5.94. The fraction of sp³-hybridized carbons (Fsp3) is 0.200. The molecule has 0 saturated heterocycles. The van der Waals surface area contributed by atoms with Crippen LogP contribution >= 0.6 is 0 Å². The second-order valence-electron chi connectivity index (χ2n) is 4.57. The van der Waals surface area contributed by atoms with Crippen LogP contribution in [0, 0.1) is 5.95 Å². The quantitative estimate of drug-likeness (QED) is 0.854. The van der Waals surface area contributed by atoms with Crippen LogP contribution in [-0.2, 0) is 0 Å². The highest BCUT2D eigenvalue weighted by Crippen LogP contribution is 2.31. The van der Waals surface area contributed by atoms with Gasteiger partial charge in [0.05, 0.1) is 18.2 Å². The summed E-state index contributed by atoms with van der Waals surface area (Å²) in [4.78, 5) is 15.6. The molecule has 0 spiro atoms. The second-order valence-corrected chi connectivity index (χ2v) is 4.57. The number of nitrogens with one attached hydrogen (secondary N) is 1. The number of amides is 1. The summed E-state index contributed by atoms with van der Waals surface area (Å²) in [5, 5.41) is 2.93. The van der Waals surface area contributed by atoms with E-state index < -0.39 is 5.95 Å². The van der Waals surface area contributed by atoms with Crippen molar-refractivity contribution in [3.63, 3.8) is 0 Å². The minimum Gasteiger partial charge on any atom is -0.493 e. The first-order valence-corrected chi connectivity index (χ1v) is 6.38. The molecule has 102 valence electrons. The van der Waals surface area contributed by atoms with Crippen LogP contribution in [0.15, 0.2) is 42.6 Å². The summed E-state index contributed by atoms with van der Waals surface area (Å²) in [5.41, 5.74) is 1.30. The molecule has 0 bridgehead atoms. The Morgan fingerprint density at radius 2 is 2.15 bits per heavy atom. The molecule has 1 unspecified atom stereocenters. The number of pyridine rings is 1. The lowest BCUT2D eigenvalue weighted by Gasteiger charge is -2.26. The number of carbonyl (C=O) groups is 1. The Morgan fingerprint density at radius 1 is 1.30 bits per heavy atom. The number of carbonyl (C=O) groups excluding carboxylic acids is 1. The number of rotatable bonds is 2. The van der Waals surface area contributed by atoms with Gasteiger partial charge in [0.1, 0.15) is 5.75 Å². The first kappa shape index (κ1) is 12.6. The minimum atomic E-state index is -0.599. The van der Waals surface area contributed by atoms with Crippen LogP contribution in [0.4, 0.5) is 4.39 Å². The van der Waals surface area contributed by atoms with Crippen molar-refractivity contribution in [1.29, 1.82) is 0 Å². The topological polar surface area (TPSA) is 51.2 Å². The van der Waals surface area contributed by atoms with E-state index >= 15 is 0 Å². The molecule has 2 heterocycles. The van der Waals surface area contributed by atoms with Gasteiger partial charge in [0, 0.05) is 18.2 Å². The predicted molar refractivity (Wildman–Crippen MR) is 71.0 cm³/mol. The maximum atomic E-state index is 12.7. The summed E-state index contributed by atoms with van der Waals surface area (Å²) in [6.07, 6.45) is 1.94. The molecule has 1 N–H and O–H groups in total. The summed E-state index contributed by atoms with van der Waals surface area (Å²) < 4.78 is 18.3. The van der Waals surface area contributed by atoms with Crippen LogP contribution < -0.4 is 10.1 Å². The summed E-state index contributed by atoms with van der Waals surface area (Å²) in [6, 6.07) is 10.1. The van der Waals surface area contributed by atoms with E-state index in [9.17, 15) is 9.18 Å². The van der Waals surface area contributed by atoms with Gasteiger partial charge in [-0.05, 0) is 18.2 Å². The van der Waals surface area contributed by atoms with E-state index in [2.05, 4.69) is 10.3 Å². The van der Waals surface area contributed by atoms with Crippen molar-refractivity contribution in [1.82, 2.24) is 10.3 Å². The largest absolute Gasteiger partial charge is 0.493 e. The standard InChI is InChI=1S/C15H13FN2O2/c16-14-6-5-10(9-17-14)15(19)18-12-7-8-20-13-4-2-1-3-11(12)13/h1-6,9,12H,7-8H2,(H,18,19). The van der Waals surface area contributed by atoms with Gasteiger partial charge in [-0.2, -0.15) is 4.39 Å². The number of benzene rings is 1. The van der Waals surface area contributed by atoms with Crippen molar-refractivity contribution in [3.8, 4) is 5.75 Å². The smallest absolute Gasteiger partial charge is 0.253 e. The van der Waals surface area contributed by atoms with Crippen LogP contribution in [0.1, 0.15) is 28.4 Å². The summed E-state index contributed by atoms with van der Waals surface area (Å²) in [6.45, 7) is 0.559. The molecule has 20 heavy (non-hydrogen) atoms. The third-order valence-electron chi connectivity index (χ3n) is 3.25. The van der Waals surface area contributed by atoms with Crippen molar-refractivity contribution >= 4 is 5.91 Å². The number of nitrogens with zero attached hydrogens (tertiary/aromatic N) is 1. The summed E-state index contributed by atoms with van der Waals surface area (Å²) in [7, 11) is 0. The van der Waals surface area contributed by atoms with Gasteiger partial charge in [-0.1, -0.05) is 18.2 Å². The van der Waals surface area contributed by atoms with Gasteiger partial charge in [0.25, 0.3) is 5.91 Å². The third kappa shape index (κ3) is 2.47. The van der Waals surface area contributed by atoms with E-state index in [1.807, 2.05) is 24.3 Å². The number of para-hydroxylation sites is 1. The van der Waals surface area contributed by atoms with Gasteiger partial charge >= 0.3 is 0 Å². The highest BCUT2D eigenvalue weighted by atomic mass is 19.1. The first-order chi connectivity index (χ1) is 9.74. The Labute approximate surface area is 115 Å². The number of halogens is 1. The van der Waals surface area contributed by atoms with Crippen LogP contribution in [0.5, 0.6) is 5.75 Å². The predicted octanol–water partition coefficient (Wildman–Crippen LogP) is 2.47. The zero-order valence-electron chi connectivity index (χ0n) is 10.7. The normalized spacial score (nSPS) is 16.9. The average Bonchev–Trinajstić information content (AvgIpc) is 2.48. The maximum absolute atomic E-state index is 12.7. The lowest BCUT2D eigenvalue weighted by Crippen LogP contribution is -2.32. The average molecular weight is 272 g/mol. The molecule has 4 nitrogen and oxygen atoms in total. The van der Waals surface area contributed by atoms with E-state index in [4.69, 9.17) is 4.74 Å². The molecule has 1 atom stereocenters. The van der Waals surface area contributed by atoms with Crippen molar-refractivity contribution in [2.24, 2.45) is 0 Å². The molecule has 3 rings (SSSR count). The van der Waals surface area contributed by atoms with Crippen LogP contribution in [0.25, 0.3) is 0 Å². The van der Waals surface area contributed by atoms with Crippen LogP contribution in [0.3, 0.4) is 0 Å². The zero-order valence-corrected chi connectivity index (χ0v) is 10.7. The molecule has 0 fully saturated rings.